The molecule has 1 aromatic heterocycles. The van der Waals surface area contributed by atoms with E-state index in [0.717, 1.165) is 12.8 Å². The van der Waals surface area contributed by atoms with Crippen LogP contribution in [-0.4, -0.2) is 38.6 Å². The number of hydrogen-bond donors (Lipinski definition) is 2. The van der Waals surface area contributed by atoms with Crippen molar-refractivity contribution < 1.29 is 4.79 Å². The Morgan fingerprint density at radius 1 is 1.36 bits per heavy atom. The standard InChI is InChI=1S/C16H20N4O2/c1-3-13-12(11-6-4-10(2)5-7-11)8-9-20(13)15(21)14-17-16(22)19-18-14/h4-7,12-13H,3,8-9H2,1-2H3,(H2,17,18,19,22)/t12-,13+/m0/s1. The highest BCUT2D eigenvalue weighted by Crippen LogP contribution is 2.35. The van der Waals surface area contributed by atoms with Gasteiger partial charge in [0.15, 0.2) is 0 Å². The molecular formula is C16H20N4O2. The second-order valence-electron chi connectivity index (χ2n) is 5.81. The first kappa shape index (κ1) is 14.6. The largest absolute Gasteiger partial charge is 0.341 e. The van der Waals surface area contributed by atoms with Crippen LogP contribution in [0.15, 0.2) is 29.1 Å². The molecule has 0 spiro atoms. The van der Waals surface area contributed by atoms with E-state index < -0.39 is 5.69 Å². The van der Waals surface area contributed by atoms with Crippen molar-refractivity contribution in [2.75, 3.05) is 6.54 Å². The van der Waals surface area contributed by atoms with Crippen LogP contribution in [-0.2, 0) is 0 Å². The Kier molecular flexibility index (Phi) is 3.83. The van der Waals surface area contributed by atoms with E-state index in [9.17, 15) is 9.59 Å². The summed E-state index contributed by atoms with van der Waals surface area (Å²) < 4.78 is 0. The van der Waals surface area contributed by atoms with Gasteiger partial charge in [0.05, 0.1) is 0 Å². The van der Waals surface area contributed by atoms with E-state index in [2.05, 4.69) is 53.3 Å². The van der Waals surface area contributed by atoms with E-state index in [0.29, 0.717) is 12.5 Å². The molecule has 6 heteroatoms. The van der Waals surface area contributed by atoms with Gasteiger partial charge in [0, 0.05) is 18.5 Å². The number of carbonyl (C=O) groups excluding carboxylic acids is 1. The fourth-order valence-corrected chi connectivity index (χ4v) is 3.32. The van der Waals surface area contributed by atoms with Crippen molar-refractivity contribution in [2.45, 2.75) is 38.6 Å². The first-order chi connectivity index (χ1) is 10.6. The Morgan fingerprint density at radius 2 is 2.09 bits per heavy atom. The maximum absolute atomic E-state index is 12.5. The molecule has 1 aliphatic heterocycles. The molecule has 0 saturated carbocycles. The van der Waals surface area contributed by atoms with Crippen LogP contribution in [0.1, 0.15) is 47.4 Å². The zero-order chi connectivity index (χ0) is 15.7. The van der Waals surface area contributed by atoms with Gasteiger partial charge in [0.2, 0.25) is 5.82 Å². The lowest BCUT2D eigenvalue weighted by Gasteiger charge is -2.26. The summed E-state index contributed by atoms with van der Waals surface area (Å²) >= 11 is 0. The van der Waals surface area contributed by atoms with E-state index in [1.165, 1.54) is 11.1 Å². The molecular weight excluding hydrogens is 280 g/mol. The first-order valence-corrected chi connectivity index (χ1v) is 7.62. The molecule has 1 aromatic carbocycles. The second-order valence-corrected chi connectivity index (χ2v) is 5.81. The lowest BCUT2D eigenvalue weighted by molar-refractivity contribution is 0.0715. The number of aromatic amines is 2. The van der Waals surface area contributed by atoms with Crippen LogP contribution in [0.5, 0.6) is 0 Å². The van der Waals surface area contributed by atoms with Crippen molar-refractivity contribution in [3.63, 3.8) is 0 Å². The molecule has 2 atom stereocenters. The molecule has 0 radical (unpaired) electrons. The number of carbonyl (C=O) groups is 1. The van der Waals surface area contributed by atoms with Crippen molar-refractivity contribution in [2.24, 2.45) is 0 Å². The molecule has 6 nitrogen and oxygen atoms in total. The van der Waals surface area contributed by atoms with Crippen LogP contribution in [0, 0.1) is 6.92 Å². The van der Waals surface area contributed by atoms with Gasteiger partial charge >= 0.3 is 5.69 Å². The molecule has 0 aliphatic carbocycles. The minimum Gasteiger partial charge on any atom is -0.332 e. The molecule has 1 amide bonds. The van der Waals surface area contributed by atoms with Gasteiger partial charge in [0.25, 0.3) is 5.91 Å². The Hall–Kier alpha value is -2.37. The SMILES string of the molecule is CC[C@@H]1[C@H](c2ccc(C)cc2)CCN1C(=O)c1n[nH]c(=O)[nH]1. The van der Waals surface area contributed by atoms with Crippen LogP contribution in [0.3, 0.4) is 0 Å². The number of H-pyrrole nitrogens is 2. The number of rotatable bonds is 3. The van der Waals surface area contributed by atoms with Crippen LogP contribution >= 0.6 is 0 Å². The number of hydrogen-bond acceptors (Lipinski definition) is 3. The Morgan fingerprint density at radius 3 is 2.68 bits per heavy atom. The molecule has 1 aliphatic rings. The smallest absolute Gasteiger partial charge is 0.332 e. The summed E-state index contributed by atoms with van der Waals surface area (Å²) in [5.41, 5.74) is 2.05. The molecule has 0 bridgehead atoms. The maximum Gasteiger partial charge on any atom is 0.341 e. The van der Waals surface area contributed by atoms with Gasteiger partial charge in [-0.05, 0) is 25.3 Å². The average molecular weight is 300 g/mol. The van der Waals surface area contributed by atoms with E-state index in [4.69, 9.17) is 0 Å². The van der Waals surface area contributed by atoms with Gasteiger partial charge < -0.3 is 4.90 Å². The van der Waals surface area contributed by atoms with Gasteiger partial charge in [-0.1, -0.05) is 36.8 Å². The number of nitrogens with zero attached hydrogens (tertiary/aromatic N) is 2. The first-order valence-electron chi connectivity index (χ1n) is 7.62. The highest BCUT2D eigenvalue weighted by Gasteiger charge is 2.37. The predicted molar refractivity (Wildman–Crippen MR) is 82.9 cm³/mol. The fraction of sp³-hybridized carbons (Fsp3) is 0.438. The normalized spacial score (nSPS) is 21.3. The molecule has 2 N–H and O–H groups in total. The zero-order valence-electron chi connectivity index (χ0n) is 12.8. The third-order valence-corrected chi connectivity index (χ3v) is 4.43. The van der Waals surface area contributed by atoms with Gasteiger partial charge in [-0.3, -0.25) is 9.78 Å². The quantitative estimate of drug-likeness (QED) is 0.907. The maximum atomic E-state index is 12.5. The van der Waals surface area contributed by atoms with Gasteiger partial charge in [-0.2, -0.15) is 0 Å². The second kappa shape index (κ2) is 5.79. The molecule has 0 unspecified atom stereocenters. The zero-order valence-corrected chi connectivity index (χ0v) is 12.8. The number of aromatic nitrogens is 3. The Balaban J connectivity index is 1.84. The number of nitrogens with one attached hydrogen (secondary N) is 2. The molecule has 2 aromatic rings. The van der Waals surface area contributed by atoms with Crippen LogP contribution in [0.2, 0.25) is 0 Å². The highest BCUT2D eigenvalue weighted by molar-refractivity contribution is 5.90. The van der Waals surface area contributed by atoms with Crippen molar-refractivity contribution in [3.8, 4) is 0 Å². The van der Waals surface area contributed by atoms with E-state index in [1.54, 1.807) is 0 Å². The van der Waals surface area contributed by atoms with Crippen LogP contribution in [0.25, 0.3) is 0 Å². The Bertz CT molecular complexity index is 716. The summed E-state index contributed by atoms with van der Waals surface area (Å²) in [6, 6.07) is 8.64. The number of amides is 1. The van der Waals surface area contributed by atoms with E-state index in [-0.39, 0.29) is 17.8 Å². The summed E-state index contributed by atoms with van der Waals surface area (Å²) in [5, 5.41) is 6.00. The summed E-state index contributed by atoms with van der Waals surface area (Å²) in [6.45, 7) is 4.84. The lowest BCUT2D eigenvalue weighted by atomic mass is 9.90. The molecule has 2 heterocycles. The van der Waals surface area contributed by atoms with Crippen molar-refractivity contribution >= 4 is 5.91 Å². The third-order valence-electron chi connectivity index (χ3n) is 4.43. The van der Waals surface area contributed by atoms with Gasteiger partial charge in [-0.25, -0.2) is 9.89 Å². The van der Waals surface area contributed by atoms with Crippen molar-refractivity contribution in [3.05, 3.63) is 51.7 Å². The summed E-state index contributed by atoms with van der Waals surface area (Å²) in [6.07, 6.45) is 1.81. The lowest BCUT2D eigenvalue weighted by Crippen LogP contribution is -2.37. The topological polar surface area (TPSA) is 81.8 Å². The summed E-state index contributed by atoms with van der Waals surface area (Å²) in [4.78, 5) is 27.9. The molecule has 116 valence electrons. The number of benzene rings is 1. The average Bonchev–Trinajstić information content (AvgIpc) is 3.13. The minimum atomic E-state index is -0.453. The van der Waals surface area contributed by atoms with Gasteiger partial charge in [0.1, 0.15) is 0 Å². The van der Waals surface area contributed by atoms with E-state index in [1.807, 2.05) is 4.90 Å². The summed E-state index contributed by atoms with van der Waals surface area (Å²) in [7, 11) is 0. The highest BCUT2D eigenvalue weighted by atomic mass is 16.2. The third kappa shape index (κ3) is 2.56. The van der Waals surface area contributed by atoms with Gasteiger partial charge in [-0.15, -0.1) is 5.10 Å². The molecule has 1 saturated heterocycles. The molecule has 22 heavy (non-hydrogen) atoms. The number of likely N-dealkylation sites (tertiary alicyclic amines) is 1. The number of aryl methyl sites for hydroxylation is 1. The summed E-state index contributed by atoms with van der Waals surface area (Å²) in [5.74, 6) is 0.216. The fourth-order valence-electron chi connectivity index (χ4n) is 3.32. The predicted octanol–water partition coefficient (Wildman–Crippen LogP) is 1.81. The van der Waals surface area contributed by atoms with Crippen LogP contribution < -0.4 is 5.69 Å². The molecule has 3 rings (SSSR count). The van der Waals surface area contributed by atoms with Crippen molar-refractivity contribution in [1.29, 1.82) is 0 Å². The monoisotopic (exact) mass is 300 g/mol. The minimum absolute atomic E-state index is 0.0907. The van der Waals surface area contributed by atoms with Crippen molar-refractivity contribution in [1.82, 2.24) is 20.1 Å². The van der Waals surface area contributed by atoms with E-state index >= 15 is 0 Å². The van der Waals surface area contributed by atoms with Crippen LogP contribution in [0.4, 0.5) is 0 Å². The molecule has 1 fully saturated rings. The Labute approximate surface area is 128 Å².